The average molecular weight is 473 g/mol. The molecule has 1 fully saturated rings. The van der Waals surface area contributed by atoms with Gasteiger partial charge < -0.3 is 14.9 Å². The van der Waals surface area contributed by atoms with Gasteiger partial charge in [0.1, 0.15) is 11.5 Å². The SMILES string of the molecule is CC(C)(C)Cn1c(=O)cc(N2CCN(C(=O)O)CC2)c2cc(Cl)c(-c3ccccc3F)nc21. The van der Waals surface area contributed by atoms with Gasteiger partial charge in [0, 0.05) is 49.7 Å². The number of amides is 1. The summed E-state index contributed by atoms with van der Waals surface area (Å²) in [4.78, 5) is 32.5. The van der Waals surface area contributed by atoms with Crippen molar-refractivity contribution < 1.29 is 14.3 Å². The number of pyridine rings is 2. The largest absolute Gasteiger partial charge is 0.465 e. The number of hydrogen-bond acceptors (Lipinski definition) is 4. The first-order valence-corrected chi connectivity index (χ1v) is 11.1. The first kappa shape index (κ1) is 23.0. The van der Waals surface area contributed by atoms with Crippen molar-refractivity contribution in [2.45, 2.75) is 27.3 Å². The van der Waals surface area contributed by atoms with E-state index in [4.69, 9.17) is 16.6 Å². The Morgan fingerprint density at radius 3 is 2.42 bits per heavy atom. The number of anilines is 1. The summed E-state index contributed by atoms with van der Waals surface area (Å²) >= 11 is 6.59. The van der Waals surface area contributed by atoms with Crippen LogP contribution in [0.25, 0.3) is 22.3 Å². The molecule has 3 aromatic rings. The van der Waals surface area contributed by atoms with E-state index in [1.165, 1.54) is 11.0 Å². The molecule has 1 N–H and O–H groups in total. The summed E-state index contributed by atoms with van der Waals surface area (Å²) in [5.41, 5.74) is 1.19. The van der Waals surface area contributed by atoms with Crippen LogP contribution in [0.3, 0.4) is 0 Å². The summed E-state index contributed by atoms with van der Waals surface area (Å²) in [5.74, 6) is -0.447. The zero-order valence-electron chi connectivity index (χ0n) is 18.8. The Hall–Kier alpha value is -3.13. The molecule has 0 spiro atoms. The van der Waals surface area contributed by atoms with E-state index in [1.54, 1.807) is 34.9 Å². The maximum Gasteiger partial charge on any atom is 0.407 e. The van der Waals surface area contributed by atoms with Crippen molar-refractivity contribution in [1.82, 2.24) is 14.5 Å². The van der Waals surface area contributed by atoms with Crippen LogP contribution in [0, 0.1) is 11.2 Å². The first-order chi connectivity index (χ1) is 15.5. The molecule has 3 heterocycles. The van der Waals surface area contributed by atoms with E-state index >= 15 is 0 Å². The highest BCUT2D eigenvalue weighted by Gasteiger charge is 2.25. The second kappa shape index (κ2) is 8.67. The van der Waals surface area contributed by atoms with Crippen LogP contribution in [0.2, 0.25) is 5.02 Å². The Morgan fingerprint density at radius 1 is 1.15 bits per heavy atom. The van der Waals surface area contributed by atoms with Crippen molar-refractivity contribution >= 4 is 34.4 Å². The first-order valence-electron chi connectivity index (χ1n) is 10.8. The minimum atomic E-state index is -0.959. The van der Waals surface area contributed by atoms with E-state index in [9.17, 15) is 19.1 Å². The van der Waals surface area contributed by atoms with Crippen molar-refractivity contribution in [3.05, 3.63) is 57.6 Å². The van der Waals surface area contributed by atoms with Gasteiger partial charge in [-0.05, 0) is 23.6 Å². The van der Waals surface area contributed by atoms with E-state index in [0.29, 0.717) is 49.4 Å². The second-order valence-electron chi connectivity index (χ2n) is 9.44. The molecule has 9 heteroatoms. The van der Waals surface area contributed by atoms with E-state index < -0.39 is 11.9 Å². The number of benzene rings is 1. The van der Waals surface area contributed by atoms with Crippen molar-refractivity contribution in [2.75, 3.05) is 31.1 Å². The van der Waals surface area contributed by atoms with Gasteiger partial charge in [-0.2, -0.15) is 0 Å². The summed E-state index contributed by atoms with van der Waals surface area (Å²) in [7, 11) is 0. The Morgan fingerprint density at radius 2 is 1.82 bits per heavy atom. The van der Waals surface area contributed by atoms with Gasteiger partial charge >= 0.3 is 6.09 Å². The van der Waals surface area contributed by atoms with Crippen molar-refractivity contribution in [2.24, 2.45) is 5.41 Å². The summed E-state index contributed by atoms with van der Waals surface area (Å²) in [6.07, 6.45) is -0.959. The fourth-order valence-electron chi connectivity index (χ4n) is 4.12. The molecule has 0 unspecified atom stereocenters. The lowest BCUT2D eigenvalue weighted by molar-refractivity contribution is 0.142. The molecule has 7 nitrogen and oxygen atoms in total. The normalized spacial score (nSPS) is 14.7. The minimum Gasteiger partial charge on any atom is -0.465 e. The third kappa shape index (κ3) is 4.66. The molecule has 1 aromatic carbocycles. The number of piperazine rings is 1. The quantitative estimate of drug-likeness (QED) is 0.597. The molecule has 1 amide bonds. The number of carbonyl (C=O) groups is 1. The van der Waals surface area contributed by atoms with Gasteiger partial charge in [-0.3, -0.25) is 9.36 Å². The minimum absolute atomic E-state index is 0.204. The lowest BCUT2D eigenvalue weighted by atomic mass is 9.96. The van der Waals surface area contributed by atoms with Crippen LogP contribution in [-0.2, 0) is 6.54 Å². The van der Waals surface area contributed by atoms with Crippen LogP contribution in [0.5, 0.6) is 0 Å². The van der Waals surface area contributed by atoms with Crippen LogP contribution >= 0.6 is 11.6 Å². The van der Waals surface area contributed by atoms with E-state index in [0.717, 1.165) is 0 Å². The molecule has 0 atom stereocenters. The van der Waals surface area contributed by atoms with Gasteiger partial charge in [-0.1, -0.05) is 44.5 Å². The van der Waals surface area contributed by atoms with Crippen molar-refractivity contribution in [3.8, 4) is 11.3 Å². The van der Waals surface area contributed by atoms with Gasteiger partial charge in [0.15, 0.2) is 0 Å². The number of rotatable bonds is 3. The molecule has 0 aliphatic carbocycles. The zero-order chi connectivity index (χ0) is 23.9. The summed E-state index contributed by atoms with van der Waals surface area (Å²) in [6, 6.07) is 9.54. The molecular weight excluding hydrogens is 447 g/mol. The molecule has 33 heavy (non-hydrogen) atoms. The molecule has 2 aromatic heterocycles. The number of halogens is 2. The molecule has 4 rings (SSSR count). The smallest absolute Gasteiger partial charge is 0.407 e. The predicted molar refractivity (Wildman–Crippen MR) is 128 cm³/mol. The standard InChI is InChI=1S/C24H26ClFN4O3/c1-24(2,3)14-30-20(31)13-19(28-8-10-29(11-9-28)23(32)33)16-12-17(25)21(27-22(16)30)15-6-4-5-7-18(15)26/h4-7,12-13H,8-11,14H2,1-3H3,(H,32,33). The fraction of sp³-hybridized carbons (Fsp3) is 0.375. The van der Waals surface area contributed by atoms with Gasteiger partial charge in [-0.25, -0.2) is 14.2 Å². The zero-order valence-corrected chi connectivity index (χ0v) is 19.6. The van der Waals surface area contributed by atoms with Crippen LogP contribution in [-0.4, -0.2) is 51.8 Å². The van der Waals surface area contributed by atoms with Crippen LogP contribution in [0.15, 0.2) is 41.2 Å². The molecule has 174 valence electrons. The van der Waals surface area contributed by atoms with Gasteiger partial charge in [0.25, 0.3) is 5.56 Å². The molecular formula is C24H26ClFN4O3. The average Bonchev–Trinajstić information content (AvgIpc) is 2.75. The summed E-state index contributed by atoms with van der Waals surface area (Å²) in [5, 5.41) is 10.2. The number of nitrogens with zero attached hydrogens (tertiary/aromatic N) is 4. The Balaban J connectivity index is 1.92. The maximum atomic E-state index is 14.6. The molecule has 1 aliphatic rings. The second-order valence-corrected chi connectivity index (χ2v) is 9.85. The number of aromatic nitrogens is 2. The third-order valence-corrected chi connectivity index (χ3v) is 5.95. The topological polar surface area (TPSA) is 78.7 Å². The number of carboxylic acid groups (broad SMARTS) is 1. The Bertz CT molecular complexity index is 1280. The van der Waals surface area contributed by atoms with Gasteiger partial charge in [0.05, 0.1) is 16.4 Å². The summed E-state index contributed by atoms with van der Waals surface area (Å²) < 4.78 is 16.2. The fourth-order valence-corrected chi connectivity index (χ4v) is 4.37. The predicted octanol–water partition coefficient (Wildman–Crippen LogP) is 4.70. The van der Waals surface area contributed by atoms with Crippen LogP contribution in [0.1, 0.15) is 20.8 Å². The summed E-state index contributed by atoms with van der Waals surface area (Å²) in [6.45, 7) is 8.04. The molecule has 1 saturated heterocycles. The maximum absolute atomic E-state index is 14.6. The Labute approximate surface area is 196 Å². The van der Waals surface area contributed by atoms with Gasteiger partial charge in [-0.15, -0.1) is 0 Å². The van der Waals surface area contributed by atoms with Crippen LogP contribution < -0.4 is 10.5 Å². The highest BCUT2D eigenvalue weighted by atomic mass is 35.5. The van der Waals surface area contributed by atoms with E-state index in [2.05, 4.69) is 0 Å². The Kier molecular flexibility index (Phi) is 6.05. The highest BCUT2D eigenvalue weighted by Crippen LogP contribution is 2.35. The van der Waals surface area contributed by atoms with Crippen LogP contribution in [0.4, 0.5) is 14.9 Å². The third-order valence-electron chi connectivity index (χ3n) is 5.67. The lowest BCUT2D eigenvalue weighted by Crippen LogP contribution is -2.48. The molecule has 0 radical (unpaired) electrons. The number of fused-ring (bicyclic) bond motifs is 1. The van der Waals surface area contributed by atoms with E-state index in [-0.39, 0.29) is 27.3 Å². The highest BCUT2D eigenvalue weighted by molar-refractivity contribution is 6.33. The van der Waals surface area contributed by atoms with E-state index in [1.807, 2.05) is 25.7 Å². The van der Waals surface area contributed by atoms with Crippen molar-refractivity contribution in [3.63, 3.8) is 0 Å². The molecule has 0 bridgehead atoms. The van der Waals surface area contributed by atoms with Gasteiger partial charge in [0.2, 0.25) is 0 Å². The lowest BCUT2D eigenvalue weighted by Gasteiger charge is -2.35. The molecule has 1 aliphatic heterocycles. The molecule has 0 saturated carbocycles. The number of hydrogen-bond donors (Lipinski definition) is 1. The monoisotopic (exact) mass is 472 g/mol. The van der Waals surface area contributed by atoms with Crippen molar-refractivity contribution in [1.29, 1.82) is 0 Å².